The molecule has 4 N–H and O–H groups in total. The highest BCUT2D eigenvalue weighted by Gasteiger charge is 2.27. The van der Waals surface area contributed by atoms with Gasteiger partial charge in [0.2, 0.25) is 0 Å². The molecule has 0 spiro atoms. The lowest BCUT2D eigenvalue weighted by Gasteiger charge is -2.21. The van der Waals surface area contributed by atoms with E-state index >= 15 is 0 Å². The number of anilines is 1. The number of carbonyl (C=O) groups excluding carboxylic acids is 1. The zero-order valence-corrected chi connectivity index (χ0v) is 12.2. The predicted octanol–water partition coefficient (Wildman–Crippen LogP) is 1.21. The summed E-state index contributed by atoms with van der Waals surface area (Å²) < 4.78 is 5.15. The molecule has 8 heteroatoms. The summed E-state index contributed by atoms with van der Waals surface area (Å²) in [6.07, 6.45) is 0. The molecule has 0 saturated carbocycles. The highest BCUT2D eigenvalue weighted by Crippen LogP contribution is 2.30. The number of nitrogens with two attached hydrogens (primary N) is 1. The fraction of sp³-hybridized carbons (Fsp3) is 0.364. The first-order valence-corrected chi connectivity index (χ1v) is 6.17. The average Bonchev–Trinajstić information content (AvgIpc) is 2.20. The zero-order valence-electron chi connectivity index (χ0n) is 10.7. The third-order valence-corrected chi connectivity index (χ3v) is 2.86. The van der Waals surface area contributed by atoms with Gasteiger partial charge in [0.05, 0.1) is 21.3 Å². The molecule has 104 valence electrons. The van der Waals surface area contributed by atoms with E-state index in [0.717, 1.165) is 0 Å². The molecular formula is C11H14BCl2NO4. The van der Waals surface area contributed by atoms with Gasteiger partial charge in [0.15, 0.2) is 0 Å². The second-order valence-corrected chi connectivity index (χ2v) is 5.71. The minimum atomic E-state index is -1.83. The fourth-order valence-electron chi connectivity index (χ4n) is 1.38. The lowest BCUT2D eigenvalue weighted by molar-refractivity contribution is 0.00700. The van der Waals surface area contributed by atoms with Crippen molar-refractivity contribution < 1.29 is 19.6 Å². The summed E-state index contributed by atoms with van der Waals surface area (Å²) in [6.45, 7) is 5.09. The summed E-state index contributed by atoms with van der Waals surface area (Å²) in [4.78, 5) is 12.0. The van der Waals surface area contributed by atoms with E-state index in [-0.39, 0.29) is 26.8 Å². The summed E-state index contributed by atoms with van der Waals surface area (Å²) in [5.41, 5.74) is 4.63. The van der Waals surface area contributed by atoms with Crippen molar-refractivity contribution in [3.05, 3.63) is 21.7 Å². The van der Waals surface area contributed by atoms with Crippen LogP contribution in [0.25, 0.3) is 0 Å². The Morgan fingerprint density at radius 2 is 1.89 bits per heavy atom. The number of rotatable bonds is 2. The van der Waals surface area contributed by atoms with Gasteiger partial charge in [-0.2, -0.15) is 0 Å². The number of halogens is 2. The van der Waals surface area contributed by atoms with Crippen LogP contribution in [0.15, 0.2) is 6.07 Å². The normalized spacial score (nSPS) is 11.3. The average molecular weight is 306 g/mol. The highest BCUT2D eigenvalue weighted by molar-refractivity contribution is 6.62. The van der Waals surface area contributed by atoms with E-state index in [2.05, 4.69) is 0 Å². The standard InChI is InChI=1S/C11H14BCl2NO4/c1-11(2,3)19-10(16)7-6(13)4-5(12(17)18)9(15)8(7)14/h4,17-18H,15H2,1-3H3. The van der Waals surface area contributed by atoms with Crippen molar-refractivity contribution in [1.29, 1.82) is 0 Å². The number of benzene rings is 1. The van der Waals surface area contributed by atoms with Crippen LogP contribution in [0.4, 0.5) is 5.69 Å². The smallest absolute Gasteiger partial charge is 0.456 e. The molecule has 19 heavy (non-hydrogen) atoms. The van der Waals surface area contributed by atoms with Crippen LogP contribution in [0.5, 0.6) is 0 Å². The largest absolute Gasteiger partial charge is 0.490 e. The van der Waals surface area contributed by atoms with E-state index in [0.29, 0.717) is 0 Å². The van der Waals surface area contributed by atoms with Gasteiger partial charge in [-0.05, 0) is 26.8 Å². The molecule has 1 rings (SSSR count). The van der Waals surface area contributed by atoms with E-state index in [4.69, 9.17) is 43.7 Å². The van der Waals surface area contributed by atoms with Crippen molar-refractivity contribution in [2.24, 2.45) is 0 Å². The lowest BCUT2D eigenvalue weighted by atomic mass is 9.78. The molecule has 0 fully saturated rings. The SMILES string of the molecule is CC(C)(C)OC(=O)c1c(Cl)cc(B(O)O)c(N)c1Cl. The van der Waals surface area contributed by atoms with Gasteiger partial charge in [-0.1, -0.05) is 23.2 Å². The summed E-state index contributed by atoms with van der Waals surface area (Å²) in [5.74, 6) is -0.729. The molecule has 0 aliphatic rings. The third-order valence-electron chi connectivity index (χ3n) is 2.17. The molecule has 0 heterocycles. The maximum Gasteiger partial charge on any atom is 0.490 e. The van der Waals surface area contributed by atoms with Crippen LogP contribution in [0.3, 0.4) is 0 Å². The van der Waals surface area contributed by atoms with Crippen LogP contribution in [-0.4, -0.2) is 28.7 Å². The Labute approximate surface area is 121 Å². The van der Waals surface area contributed by atoms with E-state index in [1.54, 1.807) is 20.8 Å². The highest BCUT2D eigenvalue weighted by atomic mass is 35.5. The van der Waals surface area contributed by atoms with E-state index < -0.39 is 18.7 Å². The second-order valence-electron chi connectivity index (χ2n) is 4.93. The predicted molar refractivity (Wildman–Crippen MR) is 75.9 cm³/mol. The first-order chi connectivity index (χ1) is 8.54. The quantitative estimate of drug-likeness (QED) is 0.434. The molecule has 1 aromatic carbocycles. The number of ether oxygens (including phenoxy) is 1. The molecule has 1 aromatic rings. The third kappa shape index (κ3) is 3.76. The second kappa shape index (κ2) is 5.59. The van der Waals surface area contributed by atoms with Crippen LogP contribution in [0, 0.1) is 0 Å². The van der Waals surface area contributed by atoms with Gasteiger partial charge in [-0.15, -0.1) is 0 Å². The first kappa shape index (κ1) is 16.1. The van der Waals surface area contributed by atoms with Crippen molar-refractivity contribution in [3.63, 3.8) is 0 Å². The minimum Gasteiger partial charge on any atom is -0.456 e. The first-order valence-electron chi connectivity index (χ1n) is 5.41. The maximum atomic E-state index is 12.0. The van der Waals surface area contributed by atoms with Gasteiger partial charge in [0, 0.05) is 5.46 Å². The van der Waals surface area contributed by atoms with Crippen LogP contribution < -0.4 is 11.2 Å². The van der Waals surface area contributed by atoms with Crippen LogP contribution in [0.2, 0.25) is 10.0 Å². The molecule has 0 aliphatic heterocycles. The van der Waals surface area contributed by atoms with Gasteiger partial charge in [0.1, 0.15) is 5.60 Å². The zero-order chi connectivity index (χ0) is 15.0. The van der Waals surface area contributed by atoms with Gasteiger partial charge in [-0.3, -0.25) is 0 Å². The number of carbonyl (C=O) groups is 1. The van der Waals surface area contributed by atoms with Gasteiger partial charge >= 0.3 is 13.1 Å². The number of esters is 1. The molecule has 0 bridgehead atoms. The fourth-order valence-corrected chi connectivity index (χ4v) is 2.01. The van der Waals surface area contributed by atoms with Crippen LogP contribution >= 0.6 is 23.2 Å². The van der Waals surface area contributed by atoms with E-state index in [9.17, 15) is 4.79 Å². The van der Waals surface area contributed by atoms with Gasteiger partial charge < -0.3 is 20.5 Å². The van der Waals surface area contributed by atoms with E-state index in [1.165, 1.54) is 6.07 Å². The summed E-state index contributed by atoms with van der Waals surface area (Å²) in [5, 5.41) is 18.0. The summed E-state index contributed by atoms with van der Waals surface area (Å²) in [7, 11) is -1.83. The molecule has 0 atom stereocenters. The number of nitrogen functional groups attached to an aromatic ring is 1. The van der Waals surface area contributed by atoms with Crippen LogP contribution in [-0.2, 0) is 4.74 Å². The van der Waals surface area contributed by atoms with Crippen molar-refractivity contribution in [1.82, 2.24) is 0 Å². The number of hydrogen-bond donors (Lipinski definition) is 3. The molecule has 0 saturated heterocycles. The lowest BCUT2D eigenvalue weighted by Crippen LogP contribution is -2.33. The number of hydrogen-bond acceptors (Lipinski definition) is 5. The molecule has 0 radical (unpaired) electrons. The Kier molecular flexibility index (Phi) is 4.74. The molecule has 5 nitrogen and oxygen atoms in total. The summed E-state index contributed by atoms with van der Waals surface area (Å²) in [6, 6.07) is 1.17. The van der Waals surface area contributed by atoms with Gasteiger partial charge in [-0.25, -0.2) is 4.79 Å². The Morgan fingerprint density at radius 3 is 2.32 bits per heavy atom. The Bertz CT molecular complexity index is 514. The molecule has 0 aromatic heterocycles. The monoisotopic (exact) mass is 305 g/mol. The molecule has 0 unspecified atom stereocenters. The van der Waals surface area contributed by atoms with Crippen molar-refractivity contribution in [3.8, 4) is 0 Å². The van der Waals surface area contributed by atoms with Crippen molar-refractivity contribution in [2.45, 2.75) is 26.4 Å². The Morgan fingerprint density at radius 1 is 1.37 bits per heavy atom. The van der Waals surface area contributed by atoms with Gasteiger partial charge in [0.25, 0.3) is 0 Å². The van der Waals surface area contributed by atoms with Crippen molar-refractivity contribution >= 4 is 47.4 Å². The molecular weight excluding hydrogens is 292 g/mol. The van der Waals surface area contributed by atoms with Crippen LogP contribution in [0.1, 0.15) is 31.1 Å². The Balaban J connectivity index is 3.31. The molecule has 0 amide bonds. The summed E-state index contributed by atoms with van der Waals surface area (Å²) >= 11 is 11.9. The maximum absolute atomic E-state index is 12.0. The van der Waals surface area contributed by atoms with Crippen molar-refractivity contribution in [2.75, 3.05) is 5.73 Å². The molecule has 0 aliphatic carbocycles. The Hall–Kier alpha value is -0.945. The minimum absolute atomic E-state index is 0.0587. The topological polar surface area (TPSA) is 92.8 Å². The van der Waals surface area contributed by atoms with E-state index in [1.807, 2.05) is 0 Å².